The average molecular weight is 244 g/mol. The minimum Gasteiger partial charge on any atom is -0.336 e. The lowest BCUT2D eigenvalue weighted by molar-refractivity contribution is 0.251. The zero-order valence-electron chi connectivity index (χ0n) is 10.3. The van der Waals surface area contributed by atoms with Gasteiger partial charge in [-0.25, -0.2) is 9.78 Å². The summed E-state index contributed by atoms with van der Waals surface area (Å²) in [5.74, 6) is 0.945. The highest BCUT2D eigenvalue weighted by molar-refractivity contribution is 5.89. The van der Waals surface area contributed by atoms with Crippen molar-refractivity contribution in [1.82, 2.24) is 14.9 Å². The molecule has 1 aromatic carbocycles. The Labute approximate surface area is 106 Å². The summed E-state index contributed by atoms with van der Waals surface area (Å²) in [6.07, 6.45) is 3.64. The third-order valence-corrected chi connectivity index (χ3v) is 2.59. The van der Waals surface area contributed by atoms with E-state index in [-0.39, 0.29) is 6.03 Å². The molecule has 1 heterocycles. The molecule has 2 aromatic rings. The van der Waals surface area contributed by atoms with E-state index in [1.807, 2.05) is 48.0 Å². The van der Waals surface area contributed by atoms with Crippen molar-refractivity contribution in [2.75, 3.05) is 11.9 Å². The molecule has 2 rings (SSSR count). The molecule has 2 N–H and O–H groups in total. The topological polar surface area (TPSA) is 59.0 Å². The van der Waals surface area contributed by atoms with Crippen molar-refractivity contribution >= 4 is 11.7 Å². The SMILES string of the molecule is Cc1nccn1CCNC(=O)Nc1ccccc1. The summed E-state index contributed by atoms with van der Waals surface area (Å²) >= 11 is 0. The summed E-state index contributed by atoms with van der Waals surface area (Å²) in [5.41, 5.74) is 0.786. The number of rotatable bonds is 4. The number of carbonyl (C=O) groups excluding carboxylic acids is 1. The van der Waals surface area contributed by atoms with E-state index in [4.69, 9.17) is 0 Å². The number of hydrogen-bond donors (Lipinski definition) is 2. The number of aromatic nitrogens is 2. The van der Waals surface area contributed by atoms with E-state index < -0.39 is 0 Å². The number of amides is 2. The van der Waals surface area contributed by atoms with Crippen LogP contribution in [0.25, 0.3) is 0 Å². The second-order valence-electron chi connectivity index (χ2n) is 3.91. The van der Waals surface area contributed by atoms with E-state index in [1.54, 1.807) is 6.20 Å². The minimum atomic E-state index is -0.195. The lowest BCUT2D eigenvalue weighted by atomic mass is 10.3. The van der Waals surface area contributed by atoms with E-state index in [2.05, 4.69) is 15.6 Å². The van der Waals surface area contributed by atoms with Gasteiger partial charge in [0, 0.05) is 31.2 Å². The third kappa shape index (κ3) is 3.35. The van der Waals surface area contributed by atoms with Crippen LogP contribution in [0.2, 0.25) is 0 Å². The highest BCUT2D eigenvalue weighted by Gasteiger charge is 2.01. The molecule has 0 aliphatic carbocycles. The van der Waals surface area contributed by atoms with Crippen molar-refractivity contribution in [2.45, 2.75) is 13.5 Å². The maximum Gasteiger partial charge on any atom is 0.319 e. The van der Waals surface area contributed by atoms with E-state index in [0.717, 1.165) is 11.5 Å². The van der Waals surface area contributed by atoms with Gasteiger partial charge in [0.25, 0.3) is 0 Å². The first-order chi connectivity index (χ1) is 8.75. The summed E-state index contributed by atoms with van der Waals surface area (Å²) in [5, 5.41) is 5.56. The van der Waals surface area contributed by atoms with Crippen LogP contribution in [0.5, 0.6) is 0 Å². The van der Waals surface area contributed by atoms with Crippen LogP contribution in [0.15, 0.2) is 42.7 Å². The van der Waals surface area contributed by atoms with E-state index in [9.17, 15) is 4.79 Å². The molecule has 0 atom stereocenters. The predicted molar refractivity (Wildman–Crippen MR) is 70.4 cm³/mol. The first-order valence-electron chi connectivity index (χ1n) is 5.83. The number of imidazole rings is 1. The lowest BCUT2D eigenvalue weighted by Crippen LogP contribution is -2.31. The van der Waals surface area contributed by atoms with Gasteiger partial charge in [0.05, 0.1) is 0 Å². The summed E-state index contributed by atoms with van der Waals surface area (Å²) in [4.78, 5) is 15.7. The molecule has 1 aromatic heterocycles. The molecule has 0 radical (unpaired) electrons. The number of para-hydroxylation sites is 1. The smallest absolute Gasteiger partial charge is 0.319 e. The van der Waals surface area contributed by atoms with Crippen molar-refractivity contribution in [3.63, 3.8) is 0 Å². The molecule has 94 valence electrons. The van der Waals surface area contributed by atoms with Crippen LogP contribution < -0.4 is 10.6 Å². The van der Waals surface area contributed by atoms with Gasteiger partial charge in [-0.05, 0) is 19.1 Å². The van der Waals surface area contributed by atoms with E-state index in [1.165, 1.54) is 0 Å². The van der Waals surface area contributed by atoms with Gasteiger partial charge < -0.3 is 15.2 Å². The first-order valence-corrected chi connectivity index (χ1v) is 5.83. The highest BCUT2D eigenvalue weighted by atomic mass is 16.2. The fourth-order valence-electron chi connectivity index (χ4n) is 1.63. The Morgan fingerprint density at radius 2 is 2.11 bits per heavy atom. The van der Waals surface area contributed by atoms with Gasteiger partial charge >= 0.3 is 6.03 Å². The lowest BCUT2D eigenvalue weighted by Gasteiger charge is -2.08. The Balaban J connectivity index is 1.74. The number of nitrogens with one attached hydrogen (secondary N) is 2. The van der Waals surface area contributed by atoms with Crippen LogP contribution in [0.4, 0.5) is 10.5 Å². The number of aryl methyl sites for hydroxylation is 1. The molecule has 0 bridgehead atoms. The second-order valence-corrected chi connectivity index (χ2v) is 3.91. The van der Waals surface area contributed by atoms with Crippen molar-refractivity contribution in [3.05, 3.63) is 48.5 Å². The molecule has 5 nitrogen and oxygen atoms in total. The zero-order valence-corrected chi connectivity index (χ0v) is 10.3. The number of urea groups is 1. The van der Waals surface area contributed by atoms with Crippen LogP contribution in [0.3, 0.4) is 0 Å². The number of anilines is 1. The number of carbonyl (C=O) groups is 1. The molecule has 0 spiro atoms. The second kappa shape index (κ2) is 5.86. The molecule has 0 aliphatic heterocycles. The third-order valence-electron chi connectivity index (χ3n) is 2.59. The molecule has 0 unspecified atom stereocenters. The number of benzene rings is 1. The number of hydrogen-bond acceptors (Lipinski definition) is 2. The average Bonchev–Trinajstić information content (AvgIpc) is 2.76. The predicted octanol–water partition coefficient (Wildman–Crippen LogP) is 2.01. The van der Waals surface area contributed by atoms with Gasteiger partial charge in [0.1, 0.15) is 5.82 Å². The van der Waals surface area contributed by atoms with E-state index >= 15 is 0 Å². The van der Waals surface area contributed by atoms with Gasteiger partial charge in [-0.3, -0.25) is 0 Å². The number of nitrogens with zero attached hydrogens (tertiary/aromatic N) is 2. The van der Waals surface area contributed by atoms with Gasteiger partial charge in [-0.2, -0.15) is 0 Å². The summed E-state index contributed by atoms with van der Waals surface area (Å²) in [7, 11) is 0. The van der Waals surface area contributed by atoms with Crippen molar-refractivity contribution in [2.24, 2.45) is 0 Å². The fourth-order valence-corrected chi connectivity index (χ4v) is 1.63. The maximum absolute atomic E-state index is 11.6. The molecule has 0 aliphatic rings. The Kier molecular flexibility index (Phi) is 3.96. The monoisotopic (exact) mass is 244 g/mol. The molecule has 5 heteroatoms. The van der Waals surface area contributed by atoms with Crippen LogP contribution in [0, 0.1) is 6.92 Å². The standard InChI is InChI=1S/C13H16N4O/c1-11-14-7-9-17(11)10-8-15-13(18)16-12-5-3-2-4-6-12/h2-7,9H,8,10H2,1H3,(H2,15,16,18). The molecule has 0 saturated carbocycles. The Morgan fingerprint density at radius 1 is 1.33 bits per heavy atom. The summed E-state index contributed by atoms with van der Waals surface area (Å²) < 4.78 is 1.99. The molecule has 2 amide bonds. The Bertz CT molecular complexity index is 507. The van der Waals surface area contributed by atoms with Crippen molar-refractivity contribution in [3.8, 4) is 0 Å². The van der Waals surface area contributed by atoms with Crippen LogP contribution in [-0.2, 0) is 6.54 Å². The normalized spacial score (nSPS) is 10.1. The molecule has 18 heavy (non-hydrogen) atoms. The van der Waals surface area contributed by atoms with Gasteiger partial charge in [-0.15, -0.1) is 0 Å². The Morgan fingerprint density at radius 3 is 2.78 bits per heavy atom. The highest BCUT2D eigenvalue weighted by Crippen LogP contribution is 2.03. The van der Waals surface area contributed by atoms with Gasteiger partial charge in [0.15, 0.2) is 0 Å². The Hall–Kier alpha value is -2.30. The van der Waals surface area contributed by atoms with Crippen LogP contribution >= 0.6 is 0 Å². The maximum atomic E-state index is 11.6. The summed E-state index contributed by atoms with van der Waals surface area (Å²) in [6, 6.07) is 9.16. The van der Waals surface area contributed by atoms with Crippen LogP contribution in [-0.4, -0.2) is 22.1 Å². The molecule has 0 saturated heterocycles. The van der Waals surface area contributed by atoms with Gasteiger partial charge in [0.2, 0.25) is 0 Å². The van der Waals surface area contributed by atoms with Crippen molar-refractivity contribution < 1.29 is 4.79 Å². The van der Waals surface area contributed by atoms with E-state index in [0.29, 0.717) is 13.1 Å². The minimum absolute atomic E-state index is 0.195. The molecule has 0 fully saturated rings. The fraction of sp³-hybridized carbons (Fsp3) is 0.231. The first kappa shape index (κ1) is 12.2. The van der Waals surface area contributed by atoms with Crippen LogP contribution in [0.1, 0.15) is 5.82 Å². The van der Waals surface area contributed by atoms with Crippen molar-refractivity contribution in [1.29, 1.82) is 0 Å². The summed E-state index contributed by atoms with van der Waals surface area (Å²) in [6.45, 7) is 3.22. The quantitative estimate of drug-likeness (QED) is 0.864. The molecular weight excluding hydrogens is 228 g/mol. The largest absolute Gasteiger partial charge is 0.336 e. The molecular formula is C13H16N4O. The zero-order chi connectivity index (χ0) is 12.8. The van der Waals surface area contributed by atoms with Gasteiger partial charge in [-0.1, -0.05) is 18.2 Å².